The zero-order chi connectivity index (χ0) is 32.3. The summed E-state index contributed by atoms with van der Waals surface area (Å²) in [5.74, 6) is -0.313. The number of benzene rings is 4. The molecule has 0 aliphatic heterocycles. The van der Waals surface area contributed by atoms with Crippen LogP contribution in [0.5, 0.6) is 0 Å². The van der Waals surface area contributed by atoms with Crippen molar-refractivity contribution in [2.24, 2.45) is 0 Å². The fourth-order valence-electron chi connectivity index (χ4n) is 4.18. The Morgan fingerprint density at radius 3 is 2.30 bits per heavy atom. The molecular weight excluding hydrogens is 658 g/mol. The number of nitrogens with zero attached hydrogens (tertiary/aromatic N) is 2. The quantitative estimate of drug-likeness (QED) is 0.0897. The Labute approximate surface area is 284 Å². The summed E-state index contributed by atoms with van der Waals surface area (Å²) in [7, 11) is 0. The van der Waals surface area contributed by atoms with Gasteiger partial charge in [-0.1, -0.05) is 91.0 Å². The van der Waals surface area contributed by atoms with Crippen LogP contribution in [0.15, 0.2) is 125 Å². The first-order valence-corrected chi connectivity index (χ1v) is 17.1. The van der Waals surface area contributed by atoms with Gasteiger partial charge in [0.2, 0.25) is 16.2 Å². The Kier molecular flexibility index (Phi) is 11.6. The van der Waals surface area contributed by atoms with Gasteiger partial charge < -0.3 is 10.6 Å². The third-order valence-corrected chi connectivity index (χ3v) is 9.28. The average molecular weight is 686 g/mol. The molecule has 46 heavy (non-hydrogen) atoms. The van der Waals surface area contributed by atoms with E-state index in [1.165, 1.54) is 23.5 Å². The summed E-state index contributed by atoms with van der Waals surface area (Å²) in [5.41, 5.74) is 2.46. The Balaban J connectivity index is 1.31. The second-order valence-corrected chi connectivity index (χ2v) is 13.2. The highest BCUT2D eigenvalue weighted by Gasteiger charge is 2.24. The van der Waals surface area contributed by atoms with Crippen LogP contribution in [-0.4, -0.2) is 32.8 Å². The molecule has 12 heteroatoms. The third-order valence-electron chi connectivity index (χ3n) is 6.31. The second kappa shape index (κ2) is 16.2. The molecular formula is C34H28ClN5O3S3. The number of hydrogen-bond donors (Lipinski definition) is 3. The Morgan fingerprint density at radius 1 is 0.891 bits per heavy atom. The zero-order valence-electron chi connectivity index (χ0n) is 24.5. The average Bonchev–Trinajstić information content (AvgIpc) is 3.51. The van der Waals surface area contributed by atoms with E-state index in [1.54, 1.807) is 66.7 Å². The maximum Gasteiger partial charge on any atom is 0.272 e. The SMILES string of the molecule is CCSc1nsc(NC(=O)C(Sc2ccc(NC(=O)/C(=C/c3cccc(Cl)c3)NC(=O)c3ccccc3)cc2)c2ccccc2)n1. The van der Waals surface area contributed by atoms with E-state index in [9.17, 15) is 14.4 Å². The van der Waals surface area contributed by atoms with E-state index in [1.807, 2.05) is 55.5 Å². The summed E-state index contributed by atoms with van der Waals surface area (Å²) in [5, 5.41) is 9.51. The van der Waals surface area contributed by atoms with Gasteiger partial charge in [0.05, 0.1) is 0 Å². The third kappa shape index (κ3) is 9.30. The number of thioether (sulfide) groups is 2. The van der Waals surface area contributed by atoms with Crippen molar-refractivity contribution < 1.29 is 14.4 Å². The van der Waals surface area contributed by atoms with E-state index in [-0.39, 0.29) is 11.6 Å². The van der Waals surface area contributed by atoms with Crippen molar-refractivity contribution in [1.82, 2.24) is 14.7 Å². The molecule has 1 heterocycles. The summed E-state index contributed by atoms with van der Waals surface area (Å²) < 4.78 is 4.28. The van der Waals surface area contributed by atoms with E-state index in [0.29, 0.717) is 32.1 Å². The van der Waals surface area contributed by atoms with E-state index < -0.39 is 17.1 Å². The van der Waals surface area contributed by atoms with Crippen LogP contribution >= 0.6 is 46.7 Å². The summed E-state index contributed by atoms with van der Waals surface area (Å²) in [4.78, 5) is 45.0. The molecule has 4 aromatic carbocycles. The fourth-order valence-corrected chi connectivity index (χ4v) is 6.67. The lowest BCUT2D eigenvalue weighted by Crippen LogP contribution is -2.30. The molecule has 1 aromatic heterocycles. The number of carbonyl (C=O) groups excluding carboxylic acids is 3. The number of rotatable bonds is 12. The molecule has 1 unspecified atom stereocenters. The number of anilines is 2. The summed E-state index contributed by atoms with van der Waals surface area (Å²) in [6.07, 6.45) is 1.57. The predicted octanol–water partition coefficient (Wildman–Crippen LogP) is 8.19. The summed E-state index contributed by atoms with van der Waals surface area (Å²) in [6.45, 7) is 2.02. The highest BCUT2D eigenvalue weighted by Crippen LogP contribution is 2.37. The van der Waals surface area contributed by atoms with E-state index in [0.717, 1.165) is 27.7 Å². The minimum atomic E-state index is -0.562. The van der Waals surface area contributed by atoms with Crippen LogP contribution in [0.2, 0.25) is 5.02 Å². The molecule has 0 aliphatic carbocycles. The minimum absolute atomic E-state index is 0.0487. The van der Waals surface area contributed by atoms with Gasteiger partial charge in [-0.25, -0.2) is 0 Å². The lowest BCUT2D eigenvalue weighted by Gasteiger charge is -2.16. The molecule has 0 bridgehead atoms. The molecule has 0 saturated heterocycles. The van der Waals surface area contributed by atoms with Crippen LogP contribution in [0.4, 0.5) is 10.8 Å². The molecule has 8 nitrogen and oxygen atoms in total. The van der Waals surface area contributed by atoms with Gasteiger partial charge in [-0.15, -0.1) is 11.8 Å². The van der Waals surface area contributed by atoms with Gasteiger partial charge >= 0.3 is 0 Å². The maximum atomic E-state index is 13.4. The molecule has 0 spiro atoms. The van der Waals surface area contributed by atoms with Crippen molar-refractivity contribution in [1.29, 1.82) is 0 Å². The van der Waals surface area contributed by atoms with Gasteiger partial charge in [-0.05, 0) is 71.5 Å². The van der Waals surface area contributed by atoms with E-state index >= 15 is 0 Å². The smallest absolute Gasteiger partial charge is 0.272 e. The van der Waals surface area contributed by atoms with Gasteiger partial charge in [0.1, 0.15) is 10.9 Å². The highest BCUT2D eigenvalue weighted by molar-refractivity contribution is 8.00. The lowest BCUT2D eigenvalue weighted by atomic mass is 10.1. The second-order valence-electron chi connectivity index (χ2n) is 9.62. The number of halogens is 1. The van der Waals surface area contributed by atoms with Gasteiger partial charge in [0.15, 0.2) is 0 Å². The van der Waals surface area contributed by atoms with Gasteiger partial charge in [0, 0.05) is 32.7 Å². The van der Waals surface area contributed by atoms with Crippen molar-refractivity contribution in [2.45, 2.75) is 22.2 Å². The summed E-state index contributed by atoms with van der Waals surface area (Å²) >= 11 is 10.2. The van der Waals surface area contributed by atoms with Crippen molar-refractivity contribution in [3.05, 3.63) is 137 Å². The molecule has 5 aromatic rings. The largest absolute Gasteiger partial charge is 0.321 e. The summed E-state index contributed by atoms with van der Waals surface area (Å²) in [6, 6.07) is 32.2. The number of carbonyl (C=O) groups is 3. The van der Waals surface area contributed by atoms with Crippen LogP contribution in [0, 0.1) is 0 Å². The number of aromatic nitrogens is 2. The molecule has 5 rings (SSSR count). The molecule has 3 amide bonds. The first-order valence-electron chi connectivity index (χ1n) is 14.1. The molecule has 0 radical (unpaired) electrons. The maximum absolute atomic E-state index is 13.4. The number of nitrogens with one attached hydrogen (secondary N) is 3. The zero-order valence-corrected chi connectivity index (χ0v) is 27.7. The van der Waals surface area contributed by atoms with Gasteiger partial charge in [0.25, 0.3) is 11.8 Å². The predicted molar refractivity (Wildman–Crippen MR) is 188 cm³/mol. The first-order chi connectivity index (χ1) is 22.4. The highest BCUT2D eigenvalue weighted by atomic mass is 35.5. The molecule has 0 aliphatic rings. The van der Waals surface area contributed by atoms with E-state index in [2.05, 4.69) is 25.3 Å². The first kappa shape index (κ1) is 33.0. The Bertz CT molecular complexity index is 1830. The number of hydrogen-bond acceptors (Lipinski definition) is 8. The monoisotopic (exact) mass is 685 g/mol. The minimum Gasteiger partial charge on any atom is -0.321 e. The molecule has 3 N–H and O–H groups in total. The Hall–Kier alpha value is -4.42. The van der Waals surface area contributed by atoms with Crippen LogP contribution in [0.25, 0.3) is 6.08 Å². The fraction of sp³-hybridized carbons (Fsp3) is 0.0882. The van der Waals surface area contributed by atoms with Crippen molar-refractivity contribution in [3.63, 3.8) is 0 Å². The van der Waals surface area contributed by atoms with Crippen LogP contribution < -0.4 is 16.0 Å². The van der Waals surface area contributed by atoms with Crippen molar-refractivity contribution >= 4 is 81.3 Å². The normalized spacial score (nSPS) is 11.8. The van der Waals surface area contributed by atoms with Crippen LogP contribution in [0.1, 0.15) is 33.7 Å². The molecule has 0 saturated carbocycles. The van der Waals surface area contributed by atoms with Crippen molar-refractivity contribution in [2.75, 3.05) is 16.4 Å². The topological polar surface area (TPSA) is 113 Å². The van der Waals surface area contributed by atoms with E-state index in [4.69, 9.17) is 11.6 Å². The van der Waals surface area contributed by atoms with Crippen molar-refractivity contribution in [3.8, 4) is 0 Å². The molecule has 1 atom stereocenters. The standard InChI is InChI=1S/C34H28ClN5O3S3/c1-2-44-34-39-33(46-40-34)38-32(43)29(23-11-5-3-6-12-23)45-27-18-16-26(17-19-27)36-31(42)28(21-22-10-9-15-25(35)20-22)37-30(41)24-13-7-4-8-14-24/h3-21,29H,2H2,1H3,(H,36,42)(H,37,41)(H,38,39,40,43)/b28-21-. The lowest BCUT2D eigenvalue weighted by molar-refractivity contribution is -0.116. The molecule has 0 fully saturated rings. The van der Waals surface area contributed by atoms with Gasteiger partial charge in [-0.3, -0.25) is 19.7 Å². The molecule has 232 valence electrons. The Morgan fingerprint density at radius 2 is 1.61 bits per heavy atom. The number of amides is 3. The van der Waals surface area contributed by atoms with Crippen LogP contribution in [0.3, 0.4) is 0 Å². The van der Waals surface area contributed by atoms with Crippen LogP contribution in [-0.2, 0) is 9.59 Å². The van der Waals surface area contributed by atoms with Gasteiger partial charge in [-0.2, -0.15) is 9.36 Å².